The Kier molecular flexibility index (Phi) is 7.69. The maximum atomic E-state index is 13.1. The van der Waals surface area contributed by atoms with Crippen LogP contribution in [-0.2, 0) is 4.79 Å². The van der Waals surface area contributed by atoms with Crippen LogP contribution in [0.2, 0.25) is 0 Å². The molecule has 7 heteroatoms. The zero-order chi connectivity index (χ0) is 18.9. The van der Waals surface area contributed by atoms with E-state index in [1.54, 1.807) is 7.05 Å². The number of halogens is 1. The van der Waals surface area contributed by atoms with Crippen molar-refractivity contribution in [2.75, 3.05) is 44.7 Å². The van der Waals surface area contributed by atoms with Crippen molar-refractivity contribution in [2.45, 2.75) is 32.7 Å². The molecule has 0 aromatic heterocycles. The average molecular weight is 363 g/mol. The second-order valence-corrected chi connectivity index (χ2v) is 6.55. The lowest BCUT2D eigenvalue weighted by molar-refractivity contribution is -0.121. The van der Waals surface area contributed by atoms with E-state index >= 15 is 0 Å². The Hall–Kier alpha value is -2.31. The van der Waals surface area contributed by atoms with E-state index in [4.69, 9.17) is 0 Å². The fraction of sp³-hybridized carbons (Fsp3) is 0.579. The fourth-order valence-electron chi connectivity index (χ4n) is 2.90. The molecule has 0 bridgehead atoms. The average Bonchev–Trinajstić information content (AvgIpc) is 2.66. The zero-order valence-corrected chi connectivity index (χ0v) is 16.0. The molecule has 1 unspecified atom stereocenters. The summed E-state index contributed by atoms with van der Waals surface area (Å²) in [5.74, 6) is 0.665. The van der Waals surface area contributed by atoms with Gasteiger partial charge in [-0.15, -0.1) is 0 Å². The number of hydrogen-bond acceptors (Lipinski definition) is 3. The van der Waals surface area contributed by atoms with Crippen LogP contribution in [-0.4, -0.2) is 62.6 Å². The quantitative estimate of drug-likeness (QED) is 0.598. The van der Waals surface area contributed by atoms with Crippen molar-refractivity contribution in [2.24, 2.45) is 4.99 Å². The van der Waals surface area contributed by atoms with Gasteiger partial charge in [-0.2, -0.15) is 0 Å². The molecule has 1 saturated heterocycles. The van der Waals surface area contributed by atoms with Crippen LogP contribution in [0.15, 0.2) is 29.3 Å². The molecule has 0 saturated carbocycles. The van der Waals surface area contributed by atoms with Crippen molar-refractivity contribution in [1.82, 2.24) is 15.5 Å². The number of rotatable bonds is 6. The topological polar surface area (TPSA) is 60.0 Å². The summed E-state index contributed by atoms with van der Waals surface area (Å²) < 4.78 is 13.1. The SMILES string of the molecule is CCC(C)NC(=O)CCNC(=NC)N1CCN(c2ccc(F)cc2)CC1. The molecular weight excluding hydrogens is 333 g/mol. The van der Waals surface area contributed by atoms with E-state index in [0.29, 0.717) is 13.0 Å². The van der Waals surface area contributed by atoms with Crippen LogP contribution >= 0.6 is 0 Å². The monoisotopic (exact) mass is 363 g/mol. The van der Waals surface area contributed by atoms with Gasteiger partial charge in [0.15, 0.2) is 5.96 Å². The first-order valence-corrected chi connectivity index (χ1v) is 9.29. The van der Waals surface area contributed by atoms with Crippen LogP contribution in [0.3, 0.4) is 0 Å². The zero-order valence-electron chi connectivity index (χ0n) is 16.0. The first-order valence-electron chi connectivity index (χ1n) is 9.29. The third-order valence-corrected chi connectivity index (χ3v) is 4.64. The summed E-state index contributed by atoms with van der Waals surface area (Å²) in [6.07, 6.45) is 1.36. The smallest absolute Gasteiger partial charge is 0.221 e. The summed E-state index contributed by atoms with van der Waals surface area (Å²) >= 11 is 0. The molecule has 0 radical (unpaired) electrons. The van der Waals surface area contributed by atoms with Crippen LogP contribution in [0, 0.1) is 5.82 Å². The Balaban J connectivity index is 1.76. The second-order valence-electron chi connectivity index (χ2n) is 6.55. The Morgan fingerprint density at radius 2 is 1.88 bits per heavy atom. The molecule has 1 atom stereocenters. The number of nitrogens with one attached hydrogen (secondary N) is 2. The van der Waals surface area contributed by atoms with Gasteiger partial charge in [-0.1, -0.05) is 6.92 Å². The van der Waals surface area contributed by atoms with E-state index < -0.39 is 0 Å². The van der Waals surface area contributed by atoms with Gasteiger partial charge in [0.05, 0.1) is 0 Å². The third kappa shape index (κ3) is 5.89. The van der Waals surface area contributed by atoms with Crippen molar-refractivity contribution < 1.29 is 9.18 Å². The summed E-state index contributed by atoms with van der Waals surface area (Å²) in [5, 5.41) is 6.23. The summed E-state index contributed by atoms with van der Waals surface area (Å²) in [4.78, 5) is 20.6. The standard InChI is InChI=1S/C19H30FN5O/c1-4-15(2)23-18(26)9-10-22-19(21-3)25-13-11-24(12-14-25)17-7-5-16(20)6-8-17/h5-8,15H,4,9-14H2,1-3H3,(H,21,22)(H,23,26). The van der Waals surface area contributed by atoms with Crippen LogP contribution < -0.4 is 15.5 Å². The van der Waals surface area contributed by atoms with Gasteiger partial charge in [0.2, 0.25) is 5.91 Å². The molecule has 1 aromatic carbocycles. The Morgan fingerprint density at radius 3 is 2.46 bits per heavy atom. The van der Waals surface area contributed by atoms with Gasteiger partial charge in [0.1, 0.15) is 5.82 Å². The molecule has 2 rings (SSSR count). The Bertz CT molecular complexity index is 596. The predicted molar refractivity (Wildman–Crippen MR) is 104 cm³/mol. The highest BCUT2D eigenvalue weighted by Crippen LogP contribution is 2.16. The maximum absolute atomic E-state index is 13.1. The van der Waals surface area contributed by atoms with Crippen molar-refractivity contribution in [3.05, 3.63) is 30.1 Å². The molecule has 1 aliphatic heterocycles. The number of nitrogens with zero attached hydrogens (tertiary/aromatic N) is 3. The largest absolute Gasteiger partial charge is 0.368 e. The van der Waals surface area contributed by atoms with Crippen LogP contribution in [0.25, 0.3) is 0 Å². The van der Waals surface area contributed by atoms with Crippen molar-refractivity contribution in [1.29, 1.82) is 0 Å². The van der Waals surface area contributed by atoms with E-state index in [1.165, 1.54) is 12.1 Å². The van der Waals surface area contributed by atoms with Gasteiger partial charge >= 0.3 is 0 Å². The van der Waals surface area contributed by atoms with E-state index in [9.17, 15) is 9.18 Å². The molecule has 1 fully saturated rings. The molecule has 1 heterocycles. The summed E-state index contributed by atoms with van der Waals surface area (Å²) in [6, 6.07) is 6.82. The van der Waals surface area contributed by atoms with Crippen LogP contribution in [0.1, 0.15) is 26.7 Å². The third-order valence-electron chi connectivity index (χ3n) is 4.64. The molecule has 1 amide bonds. The minimum Gasteiger partial charge on any atom is -0.368 e. The van der Waals surface area contributed by atoms with Gasteiger partial charge < -0.3 is 20.4 Å². The highest BCUT2D eigenvalue weighted by atomic mass is 19.1. The normalized spacial score (nSPS) is 16.4. The highest BCUT2D eigenvalue weighted by Gasteiger charge is 2.20. The minimum absolute atomic E-state index is 0.0587. The number of amides is 1. The molecule has 6 nitrogen and oxygen atoms in total. The number of piperazine rings is 1. The van der Waals surface area contributed by atoms with Gasteiger partial charge in [-0.25, -0.2) is 4.39 Å². The van der Waals surface area contributed by atoms with Gasteiger partial charge in [-0.3, -0.25) is 9.79 Å². The molecule has 26 heavy (non-hydrogen) atoms. The second kappa shape index (κ2) is 9.99. The lowest BCUT2D eigenvalue weighted by Crippen LogP contribution is -2.53. The maximum Gasteiger partial charge on any atom is 0.221 e. The molecule has 0 aliphatic carbocycles. The first-order chi connectivity index (χ1) is 12.5. The van der Waals surface area contributed by atoms with Crippen molar-refractivity contribution in [3.8, 4) is 0 Å². The lowest BCUT2D eigenvalue weighted by Gasteiger charge is -2.37. The Labute approximate surface area is 155 Å². The molecule has 1 aromatic rings. The number of aliphatic imine (C=N–C) groups is 1. The predicted octanol–water partition coefficient (Wildman–Crippen LogP) is 1.83. The minimum atomic E-state index is -0.214. The van der Waals surface area contributed by atoms with Gasteiger partial charge in [0, 0.05) is 57.9 Å². The number of anilines is 1. The molecule has 144 valence electrons. The number of guanidine groups is 1. The van der Waals surface area contributed by atoms with Crippen molar-refractivity contribution >= 4 is 17.6 Å². The lowest BCUT2D eigenvalue weighted by atomic mass is 10.2. The van der Waals surface area contributed by atoms with E-state index in [2.05, 4.69) is 32.3 Å². The van der Waals surface area contributed by atoms with E-state index in [0.717, 1.165) is 44.2 Å². The highest BCUT2D eigenvalue weighted by molar-refractivity contribution is 5.81. The van der Waals surface area contributed by atoms with E-state index in [1.807, 2.05) is 19.1 Å². The number of carbonyl (C=O) groups is 1. The van der Waals surface area contributed by atoms with E-state index in [-0.39, 0.29) is 17.8 Å². The first kappa shape index (κ1) is 20.0. The molecule has 1 aliphatic rings. The van der Waals surface area contributed by atoms with Gasteiger partial charge in [-0.05, 0) is 37.6 Å². The fourth-order valence-corrected chi connectivity index (χ4v) is 2.90. The summed E-state index contributed by atoms with van der Waals surface area (Å²) in [6.45, 7) is 7.97. The van der Waals surface area contributed by atoms with Gasteiger partial charge in [0.25, 0.3) is 0 Å². The number of carbonyl (C=O) groups excluding carboxylic acids is 1. The summed E-state index contributed by atoms with van der Waals surface area (Å²) in [5.41, 5.74) is 1.04. The summed E-state index contributed by atoms with van der Waals surface area (Å²) in [7, 11) is 1.76. The van der Waals surface area contributed by atoms with Crippen LogP contribution in [0.5, 0.6) is 0 Å². The molecule has 0 spiro atoms. The molecule has 2 N–H and O–H groups in total. The molecular formula is C19H30FN5O. The van der Waals surface area contributed by atoms with Crippen molar-refractivity contribution in [3.63, 3.8) is 0 Å². The van der Waals surface area contributed by atoms with Crippen LogP contribution in [0.4, 0.5) is 10.1 Å². The Morgan fingerprint density at radius 1 is 1.23 bits per heavy atom. The number of hydrogen-bond donors (Lipinski definition) is 2. The number of benzene rings is 1.